The average molecular weight is 209 g/mol. The van der Waals surface area contributed by atoms with E-state index in [0.29, 0.717) is 11.3 Å². The van der Waals surface area contributed by atoms with Gasteiger partial charge >= 0.3 is 5.97 Å². The summed E-state index contributed by atoms with van der Waals surface area (Å²) in [5, 5.41) is 11.9. The molecule has 0 aliphatic carbocycles. The zero-order valence-corrected chi connectivity index (χ0v) is 9.07. The van der Waals surface area contributed by atoms with Gasteiger partial charge in [0, 0.05) is 5.69 Å². The molecule has 0 spiro atoms. The standard InChI is InChI=1S/C11H15NO3/c1-7-4-5-9(12-8(2)13)6-10(7)11(14)15-3/h4-6,8,12-13H,1-3H3. The second kappa shape index (κ2) is 4.79. The molecule has 0 heterocycles. The Kier molecular flexibility index (Phi) is 3.68. The van der Waals surface area contributed by atoms with Crippen molar-refractivity contribution in [1.82, 2.24) is 0 Å². The number of hydrogen-bond donors (Lipinski definition) is 2. The Morgan fingerprint density at radius 3 is 2.73 bits per heavy atom. The first-order valence-electron chi connectivity index (χ1n) is 4.68. The zero-order chi connectivity index (χ0) is 11.4. The van der Waals surface area contributed by atoms with E-state index < -0.39 is 6.23 Å². The summed E-state index contributed by atoms with van der Waals surface area (Å²) in [6.45, 7) is 3.44. The van der Waals surface area contributed by atoms with Gasteiger partial charge in [0.25, 0.3) is 0 Å². The predicted octanol–water partition coefficient (Wildman–Crippen LogP) is 1.53. The van der Waals surface area contributed by atoms with Crippen LogP contribution in [0.25, 0.3) is 0 Å². The molecule has 4 heteroatoms. The van der Waals surface area contributed by atoms with Crippen LogP contribution in [0.5, 0.6) is 0 Å². The molecule has 0 bridgehead atoms. The summed E-state index contributed by atoms with van der Waals surface area (Å²) < 4.78 is 4.65. The molecule has 2 N–H and O–H groups in total. The summed E-state index contributed by atoms with van der Waals surface area (Å²) in [6, 6.07) is 5.26. The quantitative estimate of drug-likeness (QED) is 0.585. The average Bonchev–Trinajstić information content (AvgIpc) is 2.19. The van der Waals surface area contributed by atoms with E-state index >= 15 is 0 Å². The number of aliphatic hydroxyl groups excluding tert-OH is 1. The lowest BCUT2D eigenvalue weighted by Gasteiger charge is -2.11. The van der Waals surface area contributed by atoms with Crippen molar-refractivity contribution in [3.05, 3.63) is 29.3 Å². The van der Waals surface area contributed by atoms with Crippen LogP contribution >= 0.6 is 0 Å². The monoisotopic (exact) mass is 209 g/mol. The Bertz CT molecular complexity index is 361. The molecule has 0 saturated carbocycles. The smallest absolute Gasteiger partial charge is 0.338 e. The number of carbonyl (C=O) groups excluding carboxylic acids is 1. The van der Waals surface area contributed by atoms with Crippen LogP contribution in [0.4, 0.5) is 5.69 Å². The van der Waals surface area contributed by atoms with E-state index in [1.165, 1.54) is 7.11 Å². The van der Waals surface area contributed by atoms with Crippen LogP contribution in [-0.4, -0.2) is 24.4 Å². The van der Waals surface area contributed by atoms with Gasteiger partial charge in [-0.15, -0.1) is 0 Å². The number of carbonyl (C=O) groups is 1. The maximum atomic E-state index is 11.4. The summed E-state index contributed by atoms with van der Waals surface area (Å²) in [4.78, 5) is 11.4. The van der Waals surface area contributed by atoms with E-state index in [2.05, 4.69) is 10.1 Å². The highest BCUT2D eigenvalue weighted by Gasteiger charge is 2.10. The maximum absolute atomic E-state index is 11.4. The fourth-order valence-corrected chi connectivity index (χ4v) is 1.28. The van der Waals surface area contributed by atoms with Crippen LogP contribution in [-0.2, 0) is 4.74 Å². The normalized spacial score (nSPS) is 12.0. The molecule has 0 aromatic heterocycles. The number of aliphatic hydroxyl groups is 1. The highest BCUT2D eigenvalue weighted by molar-refractivity contribution is 5.92. The van der Waals surface area contributed by atoms with E-state index in [-0.39, 0.29) is 5.97 Å². The summed E-state index contributed by atoms with van der Waals surface area (Å²) in [5.41, 5.74) is 2.04. The minimum Gasteiger partial charge on any atom is -0.465 e. The van der Waals surface area contributed by atoms with Gasteiger partial charge in [0.05, 0.1) is 12.7 Å². The Balaban J connectivity index is 3.00. The molecule has 1 aromatic rings. The summed E-state index contributed by atoms with van der Waals surface area (Å²) in [5.74, 6) is -0.373. The first kappa shape index (κ1) is 11.5. The van der Waals surface area contributed by atoms with Crippen molar-refractivity contribution in [1.29, 1.82) is 0 Å². The summed E-state index contributed by atoms with van der Waals surface area (Å²) in [7, 11) is 1.34. The number of esters is 1. The summed E-state index contributed by atoms with van der Waals surface area (Å²) in [6.07, 6.45) is -0.654. The number of anilines is 1. The first-order chi connectivity index (χ1) is 7.04. The first-order valence-corrected chi connectivity index (χ1v) is 4.68. The van der Waals surface area contributed by atoms with Crippen molar-refractivity contribution < 1.29 is 14.6 Å². The second-order valence-electron chi connectivity index (χ2n) is 3.34. The molecule has 1 unspecified atom stereocenters. The Morgan fingerprint density at radius 2 is 2.20 bits per heavy atom. The van der Waals surface area contributed by atoms with Crippen LogP contribution in [0.1, 0.15) is 22.8 Å². The van der Waals surface area contributed by atoms with Crippen LogP contribution in [0.3, 0.4) is 0 Å². The highest BCUT2D eigenvalue weighted by atomic mass is 16.5. The van der Waals surface area contributed by atoms with Gasteiger partial charge in [-0.1, -0.05) is 6.07 Å². The maximum Gasteiger partial charge on any atom is 0.338 e. The van der Waals surface area contributed by atoms with Crippen LogP contribution in [0.15, 0.2) is 18.2 Å². The third kappa shape index (κ3) is 2.95. The van der Waals surface area contributed by atoms with E-state index in [9.17, 15) is 4.79 Å². The SMILES string of the molecule is COC(=O)c1cc(NC(C)O)ccc1C. The van der Waals surface area contributed by atoms with Gasteiger partial charge in [-0.3, -0.25) is 0 Å². The van der Waals surface area contributed by atoms with Gasteiger partial charge in [0.2, 0.25) is 0 Å². The lowest BCUT2D eigenvalue weighted by Crippen LogP contribution is -2.14. The topological polar surface area (TPSA) is 58.6 Å². The number of hydrogen-bond acceptors (Lipinski definition) is 4. The predicted molar refractivity (Wildman–Crippen MR) is 57.8 cm³/mol. The lowest BCUT2D eigenvalue weighted by molar-refractivity contribution is 0.0600. The fourth-order valence-electron chi connectivity index (χ4n) is 1.28. The number of ether oxygens (including phenoxy) is 1. The second-order valence-corrected chi connectivity index (χ2v) is 3.34. The number of benzene rings is 1. The zero-order valence-electron chi connectivity index (χ0n) is 9.07. The molecule has 1 rings (SSSR count). The molecule has 0 saturated heterocycles. The molecule has 0 aliphatic rings. The van der Waals surface area contributed by atoms with Crippen molar-refractivity contribution >= 4 is 11.7 Å². The van der Waals surface area contributed by atoms with E-state index in [1.54, 1.807) is 25.1 Å². The minimum absolute atomic E-state index is 0.373. The molecular formula is C11H15NO3. The van der Waals surface area contributed by atoms with Gasteiger partial charge in [-0.25, -0.2) is 4.79 Å². The van der Waals surface area contributed by atoms with Crippen molar-refractivity contribution in [2.24, 2.45) is 0 Å². The molecule has 0 radical (unpaired) electrons. The van der Waals surface area contributed by atoms with Gasteiger partial charge in [-0.2, -0.15) is 0 Å². The van der Waals surface area contributed by atoms with Gasteiger partial charge in [-0.05, 0) is 31.5 Å². The molecular weight excluding hydrogens is 194 g/mol. The molecule has 0 fully saturated rings. The molecule has 15 heavy (non-hydrogen) atoms. The molecule has 4 nitrogen and oxygen atoms in total. The fraction of sp³-hybridized carbons (Fsp3) is 0.364. The Hall–Kier alpha value is -1.55. The lowest BCUT2D eigenvalue weighted by atomic mass is 10.1. The number of methoxy groups -OCH3 is 1. The van der Waals surface area contributed by atoms with Gasteiger partial charge in [0.15, 0.2) is 0 Å². The third-order valence-electron chi connectivity index (χ3n) is 2.02. The van der Waals surface area contributed by atoms with Crippen molar-refractivity contribution in [3.8, 4) is 0 Å². The Morgan fingerprint density at radius 1 is 1.53 bits per heavy atom. The molecule has 0 aliphatic heterocycles. The third-order valence-corrected chi connectivity index (χ3v) is 2.02. The van der Waals surface area contributed by atoms with Crippen molar-refractivity contribution in [2.45, 2.75) is 20.1 Å². The highest BCUT2D eigenvalue weighted by Crippen LogP contribution is 2.16. The molecule has 82 valence electrons. The van der Waals surface area contributed by atoms with Crippen molar-refractivity contribution in [3.63, 3.8) is 0 Å². The number of rotatable bonds is 3. The molecule has 1 atom stereocenters. The van der Waals surface area contributed by atoms with Gasteiger partial charge in [0.1, 0.15) is 6.23 Å². The van der Waals surface area contributed by atoms with Crippen LogP contribution in [0, 0.1) is 6.92 Å². The Labute approximate surface area is 88.9 Å². The molecule has 0 amide bonds. The molecule has 1 aromatic carbocycles. The van der Waals surface area contributed by atoms with E-state index in [4.69, 9.17) is 5.11 Å². The summed E-state index contributed by atoms with van der Waals surface area (Å²) >= 11 is 0. The van der Waals surface area contributed by atoms with Crippen LogP contribution < -0.4 is 5.32 Å². The van der Waals surface area contributed by atoms with Gasteiger partial charge < -0.3 is 15.2 Å². The van der Waals surface area contributed by atoms with E-state index in [1.807, 2.05) is 6.92 Å². The number of aryl methyl sites for hydroxylation is 1. The largest absolute Gasteiger partial charge is 0.465 e. The van der Waals surface area contributed by atoms with E-state index in [0.717, 1.165) is 5.56 Å². The van der Waals surface area contributed by atoms with Crippen molar-refractivity contribution in [2.75, 3.05) is 12.4 Å². The number of nitrogens with one attached hydrogen (secondary N) is 1. The minimum atomic E-state index is -0.654. The van der Waals surface area contributed by atoms with Crippen LogP contribution in [0.2, 0.25) is 0 Å².